The van der Waals surface area contributed by atoms with Gasteiger partial charge in [-0.25, -0.2) is 24.2 Å². The minimum Gasteiger partial charge on any atom is -0.476 e. The number of halogens is 1. The number of sulfonamides is 1. The molecule has 2 amide bonds. The van der Waals surface area contributed by atoms with Crippen LogP contribution in [-0.2, 0) is 14.8 Å². The predicted octanol–water partition coefficient (Wildman–Crippen LogP) is 6.37. The fourth-order valence-corrected chi connectivity index (χ4v) is 8.12. The number of nitrogens with one attached hydrogen (secondary N) is 2. The van der Waals surface area contributed by atoms with Gasteiger partial charge in [-0.15, -0.1) is 5.10 Å². The molecule has 0 radical (unpaired) electrons. The summed E-state index contributed by atoms with van der Waals surface area (Å²) in [6.45, 7) is 10.8. The smallest absolute Gasteiger partial charge is 0.410 e. The largest absolute Gasteiger partial charge is 0.476 e. The third kappa shape index (κ3) is 8.01. The number of hydrogen-bond donors (Lipinski definition) is 2. The number of carbonyl (C=O) groups excluding carboxylic acids is 2. The van der Waals surface area contributed by atoms with Gasteiger partial charge in [-0.1, -0.05) is 17.7 Å². The van der Waals surface area contributed by atoms with Crippen LogP contribution in [0, 0.1) is 11.3 Å². The summed E-state index contributed by atoms with van der Waals surface area (Å²) in [5.41, 5.74) is -0.488. The Labute approximate surface area is 298 Å². The molecule has 4 heterocycles. The zero-order valence-electron chi connectivity index (χ0n) is 29.2. The summed E-state index contributed by atoms with van der Waals surface area (Å²) in [6, 6.07) is 9.19. The normalized spacial score (nSPS) is 20.6. The van der Waals surface area contributed by atoms with Crippen molar-refractivity contribution in [3.8, 4) is 11.7 Å². The van der Waals surface area contributed by atoms with Crippen LogP contribution in [0.3, 0.4) is 0 Å². The van der Waals surface area contributed by atoms with Crippen molar-refractivity contribution in [2.24, 2.45) is 11.3 Å². The Bertz CT molecular complexity index is 1850. The zero-order valence-corrected chi connectivity index (χ0v) is 30.8. The van der Waals surface area contributed by atoms with E-state index < -0.39 is 21.5 Å². The Balaban J connectivity index is 1.01. The molecule has 15 heteroatoms. The summed E-state index contributed by atoms with van der Waals surface area (Å²) in [5, 5.41) is 7.06. The summed E-state index contributed by atoms with van der Waals surface area (Å²) >= 11 is 6.34. The molecule has 3 fully saturated rings. The number of likely N-dealkylation sites (tertiary alicyclic amines) is 1. The lowest BCUT2D eigenvalue weighted by Gasteiger charge is -2.37. The van der Waals surface area contributed by atoms with Crippen LogP contribution in [0.1, 0.15) is 96.3 Å². The van der Waals surface area contributed by atoms with Crippen molar-refractivity contribution in [1.82, 2.24) is 29.4 Å². The lowest BCUT2D eigenvalue weighted by atomic mass is 9.71. The molecule has 270 valence electrons. The summed E-state index contributed by atoms with van der Waals surface area (Å²) in [5.74, 6) is 0.805. The predicted molar refractivity (Wildman–Crippen MR) is 188 cm³/mol. The molecule has 2 atom stereocenters. The van der Waals surface area contributed by atoms with Gasteiger partial charge in [0.15, 0.2) is 10.8 Å². The van der Waals surface area contributed by atoms with Crippen LogP contribution >= 0.6 is 11.6 Å². The molecule has 2 N–H and O–H groups in total. The molecule has 2 unspecified atom stereocenters. The summed E-state index contributed by atoms with van der Waals surface area (Å²) in [6.07, 6.45) is 9.65. The van der Waals surface area contributed by atoms with Gasteiger partial charge in [-0.05, 0) is 122 Å². The maximum Gasteiger partial charge on any atom is 0.410 e. The topological polar surface area (TPSA) is 158 Å². The van der Waals surface area contributed by atoms with E-state index in [0.29, 0.717) is 48.4 Å². The number of ether oxygens (including phenoxy) is 2. The number of amides is 2. The second kappa shape index (κ2) is 13.7. The number of aromatic nitrogens is 4. The highest BCUT2D eigenvalue weighted by Crippen LogP contribution is 2.64. The monoisotopic (exact) mass is 727 g/mol. The number of anilines is 1. The highest BCUT2D eigenvalue weighted by Gasteiger charge is 2.55. The van der Waals surface area contributed by atoms with Crippen LogP contribution in [-0.4, -0.2) is 75.4 Å². The van der Waals surface area contributed by atoms with Crippen LogP contribution in [0.15, 0.2) is 47.6 Å². The number of rotatable bonds is 12. The van der Waals surface area contributed by atoms with Crippen LogP contribution < -0.4 is 14.8 Å². The van der Waals surface area contributed by atoms with Crippen molar-refractivity contribution in [3.63, 3.8) is 0 Å². The maximum atomic E-state index is 13.2. The van der Waals surface area contributed by atoms with Crippen LogP contribution in [0.25, 0.3) is 5.82 Å². The van der Waals surface area contributed by atoms with Crippen LogP contribution in [0.5, 0.6) is 5.88 Å². The first-order chi connectivity index (χ1) is 23.6. The third-order valence-electron chi connectivity index (χ3n) is 10.0. The van der Waals surface area contributed by atoms with Gasteiger partial charge in [-0.3, -0.25) is 4.79 Å². The first-order valence-electron chi connectivity index (χ1n) is 17.2. The molecule has 0 bridgehead atoms. The number of pyridine rings is 2. The average Bonchev–Trinajstić information content (AvgIpc) is 3.64. The third-order valence-corrected chi connectivity index (χ3v) is 11.5. The molecule has 1 spiro atoms. The van der Waals surface area contributed by atoms with E-state index >= 15 is 0 Å². The van der Waals surface area contributed by atoms with E-state index in [9.17, 15) is 18.0 Å². The fourth-order valence-electron chi connectivity index (χ4n) is 6.95. The molecule has 1 saturated heterocycles. The van der Waals surface area contributed by atoms with E-state index in [1.54, 1.807) is 24.4 Å². The van der Waals surface area contributed by atoms with E-state index in [4.69, 9.17) is 21.1 Å². The summed E-state index contributed by atoms with van der Waals surface area (Å²) < 4.78 is 41.4. The molecule has 3 aliphatic rings. The number of nitrogens with zero attached hydrogens (tertiary/aromatic N) is 5. The van der Waals surface area contributed by atoms with Crippen molar-refractivity contribution in [2.75, 3.05) is 18.5 Å². The standard InChI is InChI=1S/C35H46ClN7O6S/c1-33(2,3)49-32(45)43-24(14-16-34(43,4)5)8-7-20-37-26-9-6-10-29(38-26)50(46,47)41-31(44)25-11-12-27(39-30(25)36)42-21-15-28(40-42)48-22-23-13-17-35(23)18-19-35/h6,9-12,15,21,23-24H,7-8,13-14,16-20,22H2,1-5H3,(H,37,38)(H,41,44). The lowest BCUT2D eigenvalue weighted by molar-refractivity contribution is 0.00293. The molecule has 2 aliphatic carbocycles. The zero-order chi connectivity index (χ0) is 35.9. The van der Waals surface area contributed by atoms with E-state index in [-0.39, 0.29) is 33.4 Å². The van der Waals surface area contributed by atoms with Crippen molar-refractivity contribution >= 4 is 39.4 Å². The first kappa shape index (κ1) is 35.9. The Morgan fingerprint density at radius 2 is 1.82 bits per heavy atom. The van der Waals surface area contributed by atoms with Gasteiger partial charge in [0.1, 0.15) is 16.6 Å². The summed E-state index contributed by atoms with van der Waals surface area (Å²) in [7, 11) is -4.34. The van der Waals surface area contributed by atoms with Gasteiger partial charge < -0.3 is 19.7 Å². The molecule has 1 aliphatic heterocycles. The van der Waals surface area contributed by atoms with E-state index in [1.165, 1.54) is 48.6 Å². The van der Waals surface area contributed by atoms with Gasteiger partial charge in [0, 0.05) is 30.4 Å². The van der Waals surface area contributed by atoms with Gasteiger partial charge in [-0.2, -0.15) is 8.42 Å². The minimum absolute atomic E-state index is 0.0365. The first-order valence-corrected chi connectivity index (χ1v) is 19.1. The maximum absolute atomic E-state index is 13.2. The van der Waals surface area contributed by atoms with E-state index in [2.05, 4.69) is 34.2 Å². The molecule has 6 rings (SSSR count). The van der Waals surface area contributed by atoms with Crippen molar-refractivity contribution < 1.29 is 27.5 Å². The Morgan fingerprint density at radius 3 is 2.50 bits per heavy atom. The van der Waals surface area contributed by atoms with Crippen molar-refractivity contribution in [1.29, 1.82) is 0 Å². The molecule has 50 heavy (non-hydrogen) atoms. The molecule has 0 aromatic carbocycles. The summed E-state index contributed by atoms with van der Waals surface area (Å²) in [4.78, 5) is 36.3. The van der Waals surface area contributed by atoms with Crippen LogP contribution in [0.2, 0.25) is 5.15 Å². The fraction of sp³-hybridized carbons (Fsp3) is 0.571. The Morgan fingerprint density at radius 1 is 1.04 bits per heavy atom. The quantitative estimate of drug-likeness (QED) is 0.159. The molecule has 3 aromatic rings. The van der Waals surface area contributed by atoms with Gasteiger partial charge in [0.2, 0.25) is 5.88 Å². The van der Waals surface area contributed by atoms with E-state index in [0.717, 1.165) is 19.3 Å². The van der Waals surface area contributed by atoms with Crippen molar-refractivity contribution in [3.05, 3.63) is 53.3 Å². The Kier molecular flexibility index (Phi) is 9.81. The van der Waals surface area contributed by atoms with Crippen LogP contribution in [0.4, 0.5) is 10.6 Å². The number of carbonyl (C=O) groups is 2. The molecular formula is C35H46ClN7O6S. The van der Waals surface area contributed by atoms with Gasteiger partial charge >= 0.3 is 6.09 Å². The molecule has 2 saturated carbocycles. The molecule has 3 aromatic heterocycles. The highest BCUT2D eigenvalue weighted by atomic mass is 35.5. The Hall–Kier alpha value is -3.91. The van der Waals surface area contributed by atoms with E-state index in [1.807, 2.05) is 30.4 Å². The van der Waals surface area contributed by atoms with Crippen molar-refractivity contribution in [2.45, 2.75) is 108 Å². The molecule has 13 nitrogen and oxygen atoms in total. The second-order valence-electron chi connectivity index (χ2n) is 15.2. The lowest BCUT2D eigenvalue weighted by Crippen LogP contribution is -2.49. The number of hydrogen-bond acceptors (Lipinski definition) is 10. The average molecular weight is 728 g/mol. The SMILES string of the molecule is CC(C)(C)OC(=O)N1C(CCCNc2cccc(S(=O)(=O)NC(=O)c3ccc(-n4ccc(OCC5CCC56CC6)n4)nc3Cl)n2)CCC1(C)C. The second-order valence-corrected chi connectivity index (χ2v) is 17.2. The molecular weight excluding hydrogens is 682 g/mol. The van der Waals surface area contributed by atoms with Gasteiger partial charge in [0.05, 0.1) is 12.2 Å². The minimum atomic E-state index is -4.34. The van der Waals surface area contributed by atoms with Gasteiger partial charge in [0.25, 0.3) is 15.9 Å². The highest BCUT2D eigenvalue weighted by molar-refractivity contribution is 7.90.